The Bertz CT molecular complexity index is 492. The molecule has 0 unspecified atom stereocenters. The quantitative estimate of drug-likeness (QED) is 0.372. The van der Waals surface area contributed by atoms with Gasteiger partial charge in [0, 0.05) is 5.56 Å². The van der Waals surface area contributed by atoms with Crippen LogP contribution in [0.15, 0.2) is 18.2 Å². The van der Waals surface area contributed by atoms with Crippen LogP contribution in [0.4, 0.5) is 0 Å². The molecule has 0 spiro atoms. The molecule has 0 fully saturated rings. The van der Waals surface area contributed by atoms with Crippen molar-refractivity contribution in [1.29, 1.82) is 0 Å². The van der Waals surface area contributed by atoms with Crippen LogP contribution in [0.5, 0.6) is 5.75 Å². The molecule has 26 heavy (non-hydrogen) atoms. The third-order valence-electron chi connectivity index (χ3n) is 4.29. The summed E-state index contributed by atoms with van der Waals surface area (Å²) in [6, 6.07) is 3.91. The van der Waals surface area contributed by atoms with Crippen molar-refractivity contribution in [3.8, 4) is 5.75 Å². The number of para-hydroxylation sites is 1. The third-order valence-corrected chi connectivity index (χ3v) is 13.4. The Labute approximate surface area is 165 Å². The van der Waals surface area contributed by atoms with E-state index in [4.69, 9.17) is 0 Å². The van der Waals surface area contributed by atoms with Crippen LogP contribution >= 0.6 is 0 Å². The molecule has 0 aliphatic rings. The molecule has 1 N–H and O–H groups in total. The number of unbranched alkanes of at least 4 members (excludes halogenated alkanes) is 3. The number of ketones is 1. The Morgan fingerprint density at radius 2 is 1.35 bits per heavy atom. The number of rotatable bonds is 11. The van der Waals surface area contributed by atoms with Crippen LogP contribution in [0, 0.1) is 0 Å². The number of carboxylic acid groups (broad SMARTS) is 1. The number of Topliss-reactive ketones (excluding diaryl/α,β-unsaturated/α-hetero) is 1. The molecule has 0 aromatic heterocycles. The van der Waals surface area contributed by atoms with Gasteiger partial charge in [-0.3, -0.25) is 4.79 Å². The Kier molecular flexibility index (Phi) is 14.5. The maximum atomic E-state index is 10.9. The first-order chi connectivity index (χ1) is 12.4. The van der Waals surface area contributed by atoms with Crippen molar-refractivity contribution in [2.24, 2.45) is 0 Å². The van der Waals surface area contributed by atoms with E-state index in [1.165, 1.54) is 63.6 Å². The van der Waals surface area contributed by atoms with Gasteiger partial charge in [0.05, 0.1) is 11.5 Å². The zero-order valence-corrected chi connectivity index (χ0v) is 19.6. The van der Waals surface area contributed by atoms with Crippen molar-refractivity contribution in [1.82, 2.24) is 0 Å². The van der Waals surface area contributed by atoms with Crippen LogP contribution in [-0.2, 0) is 0 Å². The molecular formula is C21H34O4Sn. The normalized spacial score (nSPS) is 10.0. The van der Waals surface area contributed by atoms with Gasteiger partial charge in [-0.1, -0.05) is 6.07 Å². The van der Waals surface area contributed by atoms with Crippen molar-refractivity contribution < 1.29 is 19.8 Å². The fraction of sp³-hybridized carbons (Fsp3) is 0.619. The third kappa shape index (κ3) is 10.2. The second kappa shape index (κ2) is 15.1. The van der Waals surface area contributed by atoms with E-state index in [0.717, 1.165) is 0 Å². The Hall–Kier alpha value is -1.04. The number of carbonyl (C=O) groups excluding carboxylic acids is 2. The zero-order chi connectivity index (χ0) is 19.9. The fourth-order valence-corrected chi connectivity index (χ4v) is 12.1. The van der Waals surface area contributed by atoms with E-state index in [0.29, 0.717) is 0 Å². The van der Waals surface area contributed by atoms with Gasteiger partial charge in [-0.15, -0.1) is 0 Å². The molecule has 1 aromatic carbocycles. The number of phenols is 1. The van der Waals surface area contributed by atoms with Crippen LogP contribution in [0.3, 0.4) is 0 Å². The van der Waals surface area contributed by atoms with E-state index in [1.807, 2.05) is 0 Å². The molecule has 0 saturated heterocycles. The first-order valence-corrected chi connectivity index (χ1v) is 15.8. The molecule has 0 aliphatic heterocycles. The molecule has 0 atom stereocenters. The average Bonchev–Trinajstić information content (AvgIpc) is 2.61. The van der Waals surface area contributed by atoms with Gasteiger partial charge in [-0.05, 0) is 19.1 Å². The monoisotopic (exact) mass is 470 g/mol. The van der Waals surface area contributed by atoms with E-state index >= 15 is 0 Å². The molecule has 0 amide bonds. The minimum atomic E-state index is -1.50. The summed E-state index contributed by atoms with van der Waals surface area (Å²) in [7, 11) is 0. The van der Waals surface area contributed by atoms with Gasteiger partial charge in [0.2, 0.25) is 0 Å². The zero-order valence-electron chi connectivity index (χ0n) is 16.8. The molecule has 5 heteroatoms. The summed E-state index contributed by atoms with van der Waals surface area (Å²) in [4.78, 5) is 21.3. The summed E-state index contributed by atoms with van der Waals surface area (Å²) in [5.41, 5.74) is -0.380. The predicted octanol–water partition coefficient (Wildman–Crippen LogP) is 4.84. The summed E-state index contributed by atoms with van der Waals surface area (Å²) in [6.45, 7) is 8.25. The van der Waals surface area contributed by atoms with Crippen molar-refractivity contribution in [3.05, 3.63) is 29.3 Å². The number of hydrogen-bond donors (Lipinski definition) is 1. The SMILES string of the molecule is CC(=O)c1cccc(C(=O)[O-])c1O.CCC[CH2][Sn+]([CH2]CCC)[CH2]CCC. The molecule has 0 heterocycles. The molecule has 1 aromatic rings. The van der Waals surface area contributed by atoms with E-state index in [2.05, 4.69) is 20.8 Å². The van der Waals surface area contributed by atoms with Crippen LogP contribution < -0.4 is 5.11 Å². The van der Waals surface area contributed by atoms with Gasteiger partial charge in [-0.25, -0.2) is 0 Å². The molecule has 4 nitrogen and oxygen atoms in total. The van der Waals surface area contributed by atoms with Crippen LogP contribution in [-0.4, -0.2) is 36.6 Å². The van der Waals surface area contributed by atoms with E-state index in [1.54, 1.807) is 13.3 Å². The van der Waals surface area contributed by atoms with Crippen molar-refractivity contribution in [3.63, 3.8) is 0 Å². The standard InChI is InChI=1S/C9H8O4.3C4H9.Sn/c1-5(10)6-3-2-4-7(8(6)11)9(12)13;3*1-3-4-2;/h2-4,11H,1H3,(H,12,13);3*1,3-4H2,2H3;/q;;;;+1/p-1. The molecule has 146 valence electrons. The summed E-state index contributed by atoms with van der Waals surface area (Å²) in [6.07, 6.45) is 8.85. The van der Waals surface area contributed by atoms with Crippen LogP contribution in [0.1, 0.15) is 86.9 Å². The second-order valence-corrected chi connectivity index (χ2v) is 15.2. The van der Waals surface area contributed by atoms with E-state index in [9.17, 15) is 19.8 Å². The molecule has 0 saturated carbocycles. The number of aromatic carboxylic acids is 1. The first kappa shape index (κ1) is 25.0. The number of benzene rings is 1. The van der Waals surface area contributed by atoms with Gasteiger partial charge in [0.15, 0.2) is 5.78 Å². The topological polar surface area (TPSA) is 77.4 Å². The van der Waals surface area contributed by atoms with Gasteiger partial charge >= 0.3 is 92.4 Å². The fourth-order valence-electron chi connectivity index (χ4n) is 2.65. The van der Waals surface area contributed by atoms with Gasteiger partial charge < -0.3 is 15.0 Å². The number of carbonyl (C=O) groups is 2. The van der Waals surface area contributed by atoms with E-state index in [-0.39, 0.29) is 16.9 Å². The van der Waals surface area contributed by atoms with Crippen LogP contribution in [0.2, 0.25) is 13.3 Å². The number of aromatic hydroxyl groups is 1. The van der Waals surface area contributed by atoms with Gasteiger partial charge in [0.25, 0.3) is 0 Å². The molecule has 0 aliphatic carbocycles. The average molecular weight is 469 g/mol. The number of hydrogen-bond acceptors (Lipinski definition) is 4. The predicted molar refractivity (Wildman–Crippen MR) is 107 cm³/mol. The summed E-state index contributed by atoms with van der Waals surface area (Å²) < 4.78 is 5.04. The molecule has 0 bridgehead atoms. The van der Waals surface area contributed by atoms with E-state index < -0.39 is 31.5 Å². The summed E-state index contributed by atoms with van der Waals surface area (Å²) >= 11 is -0.839. The first-order valence-electron chi connectivity index (χ1n) is 9.76. The molecular weight excluding hydrogens is 435 g/mol. The maximum absolute atomic E-state index is 10.9. The molecule has 0 radical (unpaired) electrons. The Balaban J connectivity index is 0.000000481. The van der Waals surface area contributed by atoms with Gasteiger partial charge in [0.1, 0.15) is 5.75 Å². The van der Waals surface area contributed by atoms with Crippen molar-refractivity contribution >= 4 is 31.5 Å². The summed E-state index contributed by atoms with van der Waals surface area (Å²) in [5, 5.41) is 19.7. The second-order valence-electron chi connectivity index (χ2n) is 6.61. The van der Waals surface area contributed by atoms with Crippen molar-refractivity contribution in [2.75, 3.05) is 0 Å². The van der Waals surface area contributed by atoms with Gasteiger partial charge in [-0.2, -0.15) is 0 Å². The molecule has 1 rings (SSSR count). The van der Waals surface area contributed by atoms with Crippen molar-refractivity contribution in [2.45, 2.75) is 79.5 Å². The number of carboxylic acids is 1. The Morgan fingerprint density at radius 3 is 1.69 bits per heavy atom. The minimum absolute atomic E-state index is 0.0123. The van der Waals surface area contributed by atoms with Crippen LogP contribution in [0.25, 0.3) is 0 Å². The Morgan fingerprint density at radius 1 is 0.923 bits per heavy atom. The summed E-state index contributed by atoms with van der Waals surface area (Å²) in [5.74, 6) is -2.42.